The third kappa shape index (κ3) is 1.08. The molecule has 2 nitrogen and oxygen atoms in total. The molecule has 0 fully saturated rings. The molecule has 1 aliphatic heterocycles. The normalized spacial score (nSPS) is 27.5. The van der Waals surface area contributed by atoms with Crippen molar-refractivity contribution in [3.05, 3.63) is 29.8 Å². The number of ether oxygens (including phenoxy) is 1. The fraction of sp³-hybridized carbons (Fsp3) is 0.400. The van der Waals surface area contributed by atoms with Crippen molar-refractivity contribution in [1.29, 1.82) is 0 Å². The monoisotopic (exact) mass is 163 g/mol. The Bertz CT molecular complexity index is 285. The lowest BCUT2D eigenvalue weighted by atomic mass is 9.93. The first-order valence-corrected chi connectivity index (χ1v) is 4.26. The van der Waals surface area contributed by atoms with Crippen molar-refractivity contribution < 1.29 is 4.74 Å². The molecule has 2 heteroatoms. The average molecular weight is 163 g/mol. The Kier molecular flexibility index (Phi) is 1.77. The van der Waals surface area contributed by atoms with Crippen molar-refractivity contribution in [2.24, 2.45) is 11.7 Å². The highest BCUT2D eigenvalue weighted by molar-refractivity contribution is 5.37. The van der Waals surface area contributed by atoms with Crippen molar-refractivity contribution in [2.45, 2.75) is 13.0 Å². The van der Waals surface area contributed by atoms with E-state index in [1.165, 1.54) is 0 Å². The smallest absolute Gasteiger partial charge is 0.124 e. The van der Waals surface area contributed by atoms with Gasteiger partial charge in [0, 0.05) is 17.5 Å². The van der Waals surface area contributed by atoms with E-state index >= 15 is 0 Å². The number of benzene rings is 1. The average Bonchev–Trinajstić information content (AvgIpc) is 2.12. The Hall–Kier alpha value is -1.02. The molecule has 1 aromatic rings. The molecule has 0 bridgehead atoms. The Morgan fingerprint density at radius 2 is 2.17 bits per heavy atom. The maximum atomic E-state index is 6.01. The Balaban J connectivity index is 2.42. The third-order valence-corrected chi connectivity index (χ3v) is 2.39. The summed E-state index contributed by atoms with van der Waals surface area (Å²) >= 11 is 0. The molecule has 0 radical (unpaired) electrons. The SMILES string of the molecule is C[C@@H]1COc2ccccc2[C@H]1N. The molecule has 0 aliphatic carbocycles. The van der Waals surface area contributed by atoms with Gasteiger partial charge in [0.1, 0.15) is 5.75 Å². The van der Waals surface area contributed by atoms with E-state index in [-0.39, 0.29) is 6.04 Å². The third-order valence-electron chi connectivity index (χ3n) is 2.39. The van der Waals surface area contributed by atoms with E-state index < -0.39 is 0 Å². The van der Waals surface area contributed by atoms with Gasteiger partial charge in [-0.15, -0.1) is 0 Å². The van der Waals surface area contributed by atoms with Gasteiger partial charge >= 0.3 is 0 Å². The van der Waals surface area contributed by atoms with Crippen LogP contribution in [0.5, 0.6) is 5.75 Å². The van der Waals surface area contributed by atoms with Crippen LogP contribution in [-0.4, -0.2) is 6.61 Å². The molecule has 1 aliphatic rings. The molecule has 1 aromatic carbocycles. The van der Waals surface area contributed by atoms with Crippen LogP contribution < -0.4 is 10.5 Å². The first kappa shape index (κ1) is 7.62. The van der Waals surface area contributed by atoms with Gasteiger partial charge in [-0.25, -0.2) is 0 Å². The van der Waals surface area contributed by atoms with Crippen LogP contribution in [0.3, 0.4) is 0 Å². The first-order chi connectivity index (χ1) is 5.79. The molecular formula is C10H13NO. The fourth-order valence-electron chi connectivity index (χ4n) is 1.52. The van der Waals surface area contributed by atoms with Gasteiger partial charge in [-0.05, 0) is 6.07 Å². The topological polar surface area (TPSA) is 35.2 Å². The van der Waals surface area contributed by atoms with Crippen molar-refractivity contribution in [1.82, 2.24) is 0 Å². The molecule has 0 unspecified atom stereocenters. The molecule has 2 rings (SSSR count). The zero-order chi connectivity index (χ0) is 8.55. The van der Waals surface area contributed by atoms with E-state index in [0.717, 1.165) is 17.9 Å². The zero-order valence-corrected chi connectivity index (χ0v) is 7.16. The van der Waals surface area contributed by atoms with Crippen molar-refractivity contribution in [2.75, 3.05) is 6.61 Å². The molecular weight excluding hydrogens is 150 g/mol. The summed E-state index contributed by atoms with van der Waals surface area (Å²) in [6.07, 6.45) is 0. The molecule has 0 amide bonds. The van der Waals surface area contributed by atoms with E-state index in [4.69, 9.17) is 10.5 Å². The van der Waals surface area contributed by atoms with Gasteiger partial charge in [-0.2, -0.15) is 0 Å². The summed E-state index contributed by atoms with van der Waals surface area (Å²) in [6.45, 7) is 2.85. The molecule has 2 atom stereocenters. The van der Waals surface area contributed by atoms with Crippen LogP contribution in [0, 0.1) is 5.92 Å². The number of rotatable bonds is 0. The molecule has 0 spiro atoms. The van der Waals surface area contributed by atoms with E-state index in [1.807, 2.05) is 24.3 Å². The van der Waals surface area contributed by atoms with Gasteiger partial charge in [0.2, 0.25) is 0 Å². The minimum atomic E-state index is 0.134. The Labute approximate surface area is 72.3 Å². The molecule has 2 N–H and O–H groups in total. The molecule has 0 saturated carbocycles. The van der Waals surface area contributed by atoms with Crippen LogP contribution in [0.1, 0.15) is 18.5 Å². The first-order valence-electron chi connectivity index (χ1n) is 4.26. The van der Waals surface area contributed by atoms with Crippen molar-refractivity contribution >= 4 is 0 Å². The van der Waals surface area contributed by atoms with Crippen LogP contribution in [0.4, 0.5) is 0 Å². The molecule has 1 heterocycles. The van der Waals surface area contributed by atoms with Crippen LogP contribution >= 0.6 is 0 Å². The van der Waals surface area contributed by atoms with Crippen LogP contribution in [-0.2, 0) is 0 Å². The standard InChI is InChI=1S/C10H13NO/c1-7-6-12-9-5-3-2-4-8(9)10(7)11/h2-5,7,10H,6,11H2,1H3/t7-,10+/m1/s1. The lowest BCUT2D eigenvalue weighted by molar-refractivity contribution is 0.207. The van der Waals surface area contributed by atoms with Crippen LogP contribution in [0.15, 0.2) is 24.3 Å². The van der Waals surface area contributed by atoms with E-state index in [0.29, 0.717) is 5.92 Å². The summed E-state index contributed by atoms with van der Waals surface area (Å²) in [4.78, 5) is 0. The second-order valence-electron chi connectivity index (χ2n) is 3.35. The summed E-state index contributed by atoms with van der Waals surface area (Å²) in [5.74, 6) is 1.36. The maximum absolute atomic E-state index is 6.01. The maximum Gasteiger partial charge on any atom is 0.124 e. The van der Waals surface area contributed by atoms with E-state index in [9.17, 15) is 0 Å². The fourth-order valence-corrected chi connectivity index (χ4v) is 1.52. The second kappa shape index (κ2) is 2.79. The zero-order valence-electron chi connectivity index (χ0n) is 7.16. The van der Waals surface area contributed by atoms with Crippen molar-refractivity contribution in [3.8, 4) is 5.75 Å². The van der Waals surface area contributed by atoms with Gasteiger partial charge in [-0.1, -0.05) is 25.1 Å². The molecule has 0 aromatic heterocycles. The lowest BCUT2D eigenvalue weighted by Crippen LogP contribution is -2.29. The van der Waals surface area contributed by atoms with Gasteiger partial charge in [0.25, 0.3) is 0 Å². The highest BCUT2D eigenvalue weighted by atomic mass is 16.5. The number of hydrogen-bond acceptors (Lipinski definition) is 2. The highest BCUT2D eigenvalue weighted by Gasteiger charge is 2.23. The van der Waals surface area contributed by atoms with Crippen LogP contribution in [0.2, 0.25) is 0 Å². The largest absolute Gasteiger partial charge is 0.493 e. The lowest BCUT2D eigenvalue weighted by Gasteiger charge is -2.28. The minimum absolute atomic E-state index is 0.134. The molecule has 0 saturated heterocycles. The number of fused-ring (bicyclic) bond motifs is 1. The number of para-hydroxylation sites is 1. The Morgan fingerprint density at radius 3 is 3.00 bits per heavy atom. The summed E-state index contributed by atoms with van der Waals surface area (Å²) < 4.78 is 5.53. The molecule has 12 heavy (non-hydrogen) atoms. The van der Waals surface area contributed by atoms with Gasteiger partial charge in [0.15, 0.2) is 0 Å². The second-order valence-corrected chi connectivity index (χ2v) is 3.35. The highest BCUT2D eigenvalue weighted by Crippen LogP contribution is 2.32. The summed E-state index contributed by atoms with van der Waals surface area (Å²) in [7, 11) is 0. The summed E-state index contributed by atoms with van der Waals surface area (Å²) in [5.41, 5.74) is 7.15. The van der Waals surface area contributed by atoms with E-state index in [2.05, 4.69) is 6.92 Å². The number of hydrogen-bond donors (Lipinski definition) is 1. The Morgan fingerprint density at radius 1 is 1.42 bits per heavy atom. The predicted octanol–water partition coefficient (Wildman–Crippen LogP) is 1.71. The molecule has 64 valence electrons. The summed E-state index contributed by atoms with van der Waals surface area (Å²) in [6, 6.07) is 8.12. The van der Waals surface area contributed by atoms with Crippen LogP contribution in [0.25, 0.3) is 0 Å². The minimum Gasteiger partial charge on any atom is -0.493 e. The number of nitrogens with two attached hydrogens (primary N) is 1. The quantitative estimate of drug-likeness (QED) is 0.632. The van der Waals surface area contributed by atoms with Gasteiger partial charge < -0.3 is 10.5 Å². The van der Waals surface area contributed by atoms with Gasteiger partial charge in [-0.3, -0.25) is 0 Å². The predicted molar refractivity (Wildman–Crippen MR) is 48.0 cm³/mol. The van der Waals surface area contributed by atoms with Gasteiger partial charge in [0.05, 0.1) is 6.61 Å². The van der Waals surface area contributed by atoms with Crippen molar-refractivity contribution in [3.63, 3.8) is 0 Å². The van der Waals surface area contributed by atoms with E-state index in [1.54, 1.807) is 0 Å². The summed E-state index contributed by atoms with van der Waals surface area (Å²) in [5, 5.41) is 0.